The van der Waals surface area contributed by atoms with Crippen LogP contribution >= 0.6 is 0 Å². The zero-order valence-electron chi connectivity index (χ0n) is 12.0. The Labute approximate surface area is 107 Å². The van der Waals surface area contributed by atoms with Crippen molar-refractivity contribution in [3.05, 3.63) is 0 Å². The van der Waals surface area contributed by atoms with Crippen LogP contribution in [0.1, 0.15) is 34.1 Å². The second-order valence-corrected chi connectivity index (χ2v) is 5.66. The molecule has 3 nitrogen and oxygen atoms in total. The topological polar surface area (TPSA) is 24.5 Å². The molecule has 0 bridgehead atoms. The Balaban J connectivity index is 2.27. The fourth-order valence-corrected chi connectivity index (χ4v) is 2.38. The van der Waals surface area contributed by atoms with Gasteiger partial charge in [0, 0.05) is 38.8 Å². The zero-order valence-corrected chi connectivity index (χ0v) is 12.0. The van der Waals surface area contributed by atoms with Gasteiger partial charge in [0.05, 0.1) is 6.61 Å². The minimum Gasteiger partial charge on any atom is -0.380 e. The van der Waals surface area contributed by atoms with Crippen LogP contribution < -0.4 is 5.32 Å². The first kappa shape index (κ1) is 14.9. The van der Waals surface area contributed by atoms with Gasteiger partial charge >= 0.3 is 0 Å². The smallest absolute Gasteiger partial charge is 0.0593 e. The molecule has 0 aromatic heterocycles. The molecule has 102 valence electrons. The van der Waals surface area contributed by atoms with Gasteiger partial charge in [-0.05, 0) is 11.8 Å². The third-order valence-corrected chi connectivity index (χ3v) is 3.67. The SMILES string of the molecule is CCC(C)C1CNCCN1CCOCC(C)C. The molecule has 17 heavy (non-hydrogen) atoms. The van der Waals surface area contributed by atoms with Gasteiger partial charge in [-0.25, -0.2) is 0 Å². The van der Waals surface area contributed by atoms with Crippen LogP contribution in [0.15, 0.2) is 0 Å². The summed E-state index contributed by atoms with van der Waals surface area (Å²) >= 11 is 0. The Hall–Kier alpha value is -0.120. The largest absolute Gasteiger partial charge is 0.380 e. The van der Waals surface area contributed by atoms with E-state index in [0.717, 1.165) is 38.8 Å². The lowest BCUT2D eigenvalue weighted by atomic mass is 9.96. The summed E-state index contributed by atoms with van der Waals surface area (Å²) in [6.07, 6.45) is 1.26. The van der Waals surface area contributed by atoms with E-state index in [1.165, 1.54) is 13.0 Å². The number of hydrogen-bond donors (Lipinski definition) is 1. The molecule has 0 amide bonds. The molecule has 1 aliphatic rings. The van der Waals surface area contributed by atoms with Crippen molar-refractivity contribution in [1.82, 2.24) is 10.2 Å². The van der Waals surface area contributed by atoms with Crippen LogP contribution in [-0.2, 0) is 4.74 Å². The van der Waals surface area contributed by atoms with E-state index in [1.54, 1.807) is 0 Å². The first-order valence-electron chi connectivity index (χ1n) is 7.17. The van der Waals surface area contributed by atoms with Crippen molar-refractivity contribution in [2.45, 2.75) is 40.2 Å². The molecular weight excluding hydrogens is 212 g/mol. The van der Waals surface area contributed by atoms with E-state index in [0.29, 0.717) is 12.0 Å². The molecule has 1 fully saturated rings. The van der Waals surface area contributed by atoms with Gasteiger partial charge in [-0.1, -0.05) is 34.1 Å². The Bertz CT molecular complexity index is 197. The third kappa shape index (κ3) is 5.36. The standard InChI is InChI=1S/C14H30N2O/c1-5-13(4)14-10-15-6-7-16(14)8-9-17-11-12(2)3/h12-15H,5-11H2,1-4H3. The number of piperazine rings is 1. The highest BCUT2D eigenvalue weighted by molar-refractivity contribution is 4.83. The van der Waals surface area contributed by atoms with Gasteiger partial charge in [0.25, 0.3) is 0 Å². The summed E-state index contributed by atoms with van der Waals surface area (Å²) in [4.78, 5) is 2.60. The average Bonchev–Trinajstić information content (AvgIpc) is 2.34. The van der Waals surface area contributed by atoms with Crippen LogP contribution in [0.2, 0.25) is 0 Å². The quantitative estimate of drug-likeness (QED) is 0.691. The summed E-state index contributed by atoms with van der Waals surface area (Å²) in [5.41, 5.74) is 0. The van der Waals surface area contributed by atoms with Crippen molar-refractivity contribution in [2.75, 3.05) is 39.4 Å². The number of nitrogens with zero attached hydrogens (tertiary/aromatic N) is 1. The normalized spacial score (nSPS) is 24.2. The van der Waals surface area contributed by atoms with E-state index in [1.807, 2.05) is 0 Å². The molecule has 1 saturated heterocycles. The fraction of sp³-hybridized carbons (Fsp3) is 1.00. The lowest BCUT2D eigenvalue weighted by Crippen LogP contribution is -2.54. The molecule has 3 heteroatoms. The van der Waals surface area contributed by atoms with E-state index in [4.69, 9.17) is 4.74 Å². The van der Waals surface area contributed by atoms with Gasteiger partial charge in [-0.3, -0.25) is 4.90 Å². The molecule has 1 rings (SSSR count). The lowest BCUT2D eigenvalue weighted by Gasteiger charge is -2.39. The molecule has 0 spiro atoms. The molecule has 0 saturated carbocycles. The van der Waals surface area contributed by atoms with E-state index in [2.05, 4.69) is 37.9 Å². The van der Waals surface area contributed by atoms with Gasteiger partial charge in [-0.15, -0.1) is 0 Å². The maximum atomic E-state index is 5.70. The first-order chi connectivity index (χ1) is 8.15. The van der Waals surface area contributed by atoms with Crippen molar-refractivity contribution in [1.29, 1.82) is 0 Å². The maximum absolute atomic E-state index is 5.70. The molecule has 1 heterocycles. The number of rotatable bonds is 7. The van der Waals surface area contributed by atoms with E-state index in [-0.39, 0.29) is 0 Å². The summed E-state index contributed by atoms with van der Waals surface area (Å²) in [6, 6.07) is 0.691. The minimum absolute atomic E-state index is 0.642. The molecule has 0 aromatic rings. The van der Waals surface area contributed by atoms with E-state index >= 15 is 0 Å². The van der Waals surface area contributed by atoms with Crippen molar-refractivity contribution in [2.24, 2.45) is 11.8 Å². The zero-order chi connectivity index (χ0) is 12.7. The van der Waals surface area contributed by atoms with Crippen molar-refractivity contribution < 1.29 is 4.74 Å². The van der Waals surface area contributed by atoms with Gasteiger partial charge in [0.1, 0.15) is 0 Å². The summed E-state index contributed by atoms with van der Waals surface area (Å²) < 4.78 is 5.70. The third-order valence-electron chi connectivity index (χ3n) is 3.67. The summed E-state index contributed by atoms with van der Waals surface area (Å²) in [7, 11) is 0. The monoisotopic (exact) mass is 242 g/mol. The van der Waals surface area contributed by atoms with Gasteiger partial charge < -0.3 is 10.1 Å². The van der Waals surface area contributed by atoms with E-state index in [9.17, 15) is 0 Å². The molecule has 2 atom stereocenters. The Morgan fingerprint density at radius 2 is 2.12 bits per heavy atom. The summed E-state index contributed by atoms with van der Waals surface area (Å²) in [5.74, 6) is 1.41. The highest BCUT2D eigenvalue weighted by atomic mass is 16.5. The number of nitrogens with one attached hydrogen (secondary N) is 1. The number of ether oxygens (including phenoxy) is 1. The Kier molecular flexibility index (Phi) is 7.09. The highest BCUT2D eigenvalue weighted by Gasteiger charge is 2.25. The highest BCUT2D eigenvalue weighted by Crippen LogP contribution is 2.16. The predicted octanol–water partition coefficient (Wildman–Crippen LogP) is 1.98. The van der Waals surface area contributed by atoms with Crippen LogP contribution in [0.25, 0.3) is 0 Å². The summed E-state index contributed by atoms with van der Waals surface area (Å²) in [6.45, 7) is 15.3. The lowest BCUT2D eigenvalue weighted by molar-refractivity contribution is 0.0504. The van der Waals surface area contributed by atoms with Crippen LogP contribution in [0.5, 0.6) is 0 Å². The first-order valence-corrected chi connectivity index (χ1v) is 7.17. The molecule has 1 aliphatic heterocycles. The molecular formula is C14H30N2O. The van der Waals surface area contributed by atoms with Crippen molar-refractivity contribution in [3.63, 3.8) is 0 Å². The number of hydrogen-bond acceptors (Lipinski definition) is 3. The maximum Gasteiger partial charge on any atom is 0.0593 e. The molecule has 0 radical (unpaired) electrons. The van der Waals surface area contributed by atoms with Crippen molar-refractivity contribution in [3.8, 4) is 0 Å². The second-order valence-electron chi connectivity index (χ2n) is 5.66. The second kappa shape index (κ2) is 8.06. The van der Waals surface area contributed by atoms with Crippen LogP contribution in [0.3, 0.4) is 0 Å². The predicted molar refractivity (Wildman–Crippen MR) is 73.3 cm³/mol. The minimum atomic E-state index is 0.642. The van der Waals surface area contributed by atoms with Crippen LogP contribution in [0.4, 0.5) is 0 Å². The van der Waals surface area contributed by atoms with Crippen LogP contribution in [-0.4, -0.2) is 50.3 Å². The molecule has 2 unspecified atom stereocenters. The molecule has 1 N–H and O–H groups in total. The average molecular weight is 242 g/mol. The molecule has 0 aliphatic carbocycles. The van der Waals surface area contributed by atoms with E-state index < -0.39 is 0 Å². The fourth-order valence-electron chi connectivity index (χ4n) is 2.38. The van der Waals surface area contributed by atoms with Crippen LogP contribution in [0, 0.1) is 11.8 Å². The van der Waals surface area contributed by atoms with Gasteiger partial charge in [0.15, 0.2) is 0 Å². The van der Waals surface area contributed by atoms with Gasteiger partial charge in [-0.2, -0.15) is 0 Å². The molecule has 0 aromatic carbocycles. The van der Waals surface area contributed by atoms with Crippen molar-refractivity contribution >= 4 is 0 Å². The Morgan fingerprint density at radius 3 is 2.76 bits per heavy atom. The van der Waals surface area contributed by atoms with Gasteiger partial charge in [0.2, 0.25) is 0 Å². The summed E-state index contributed by atoms with van der Waals surface area (Å²) in [5, 5.41) is 3.51. The Morgan fingerprint density at radius 1 is 1.35 bits per heavy atom.